The molecule has 0 saturated carbocycles. The van der Waals surface area contributed by atoms with E-state index in [2.05, 4.69) is 21.9 Å². The Kier molecular flexibility index (Phi) is 3.95. The summed E-state index contributed by atoms with van der Waals surface area (Å²) in [6.07, 6.45) is 0. The molecule has 0 aliphatic heterocycles. The van der Waals surface area contributed by atoms with Crippen LogP contribution in [-0.2, 0) is 0 Å². The first kappa shape index (κ1) is 12.6. The van der Waals surface area contributed by atoms with Gasteiger partial charge in [0, 0.05) is 18.2 Å². The first-order valence-corrected chi connectivity index (χ1v) is 6.01. The molecule has 0 saturated heterocycles. The Morgan fingerprint density at radius 1 is 1.28 bits per heavy atom. The molecule has 0 fully saturated rings. The summed E-state index contributed by atoms with van der Waals surface area (Å²) in [6.45, 7) is 6.45. The molecule has 1 aromatic carbocycles. The summed E-state index contributed by atoms with van der Waals surface area (Å²) in [6, 6.07) is 11.5. The molecule has 2 rings (SSSR count). The third kappa shape index (κ3) is 3.31. The number of hydrogen-bond donors (Lipinski definition) is 1. The number of hydrogen-bond acceptors (Lipinski definition) is 3. The molecule has 0 bridgehead atoms. The minimum Gasteiger partial charge on any atom is -0.366 e. The normalized spacial score (nSPS) is 10.1. The molecule has 1 aromatic heterocycles. The van der Waals surface area contributed by atoms with Crippen molar-refractivity contribution >= 4 is 17.4 Å². The van der Waals surface area contributed by atoms with Gasteiger partial charge in [0.15, 0.2) is 5.82 Å². The van der Waals surface area contributed by atoms with Crippen molar-refractivity contribution in [3.8, 4) is 11.4 Å². The molecule has 4 heteroatoms. The van der Waals surface area contributed by atoms with Crippen molar-refractivity contribution in [1.82, 2.24) is 9.97 Å². The Labute approximate surface area is 112 Å². The molecular formula is C14H14ClN3. The zero-order chi connectivity index (χ0) is 13.0. The maximum absolute atomic E-state index is 6.00. The zero-order valence-corrected chi connectivity index (χ0v) is 10.9. The fourth-order valence-corrected chi connectivity index (χ4v) is 1.65. The second-order valence-electron chi connectivity index (χ2n) is 4.08. The number of halogens is 1. The van der Waals surface area contributed by atoms with Crippen LogP contribution in [0.25, 0.3) is 11.4 Å². The van der Waals surface area contributed by atoms with E-state index in [9.17, 15) is 0 Å². The number of aromatic nitrogens is 2. The van der Waals surface area contributed by atoms with Crippen LogP contribution in [0.4, 0.5) is 5.82 Å². The molecule has 0 unspecified atom stereocenters. The Morgan fingerprint density at radius 2 is 2.00 bits per heavy atom. The molecule has 92 valence electrons. The van der Waals surface area contributed by atoms with Crippen LogP contribution in [0.1, 0.15) is 6.92 Å². The van der Waals surface area contributed by atoms with Crippen molar-refractivity contribution in [2.24, 2.45) is 0 Å². The van der Waals surface area contributed by atoms with E-state index in [1.165, 1.54) is 0 Å². The van der Waals surface area contributed by atoms with E-state index >= 15 is 0 Å². The van der Waals surface area contributed by atoms with Gasteiger partial charge in [-0.25, -0.2) is 9.97 Å². The third-order valence-corrected chi connectivity index (χ3v) is 2.49. The standard InChI is InChI=1S/C14H14ClN3/c1-10(2)9-16-13-8-12(15)17-14(18-13)11-6-4-3-5-7-11/h3-8H,1,9H2,2H3,(H,16,17,18). The average Bonchev–Trinajstić information content (AvgIpc) is 2.37. The predicted molar refractivity (Wildman–Crippen MR) is 75.8 cm³/mol. The number of anilines is 1. The monoisotopic (exact) mass is 259 g/mol. The lowest BCUT2D eigenvalue weighted by atomic mass is 10.2. The van der Waals surface area contributed by atoms with Gasteiger partial charge >= 0.3 is 0 Å². The lowest BCUT2D eigenvalue weighted by molar-refractivity contribution is 1.12. The smallest absolute Gasteiger partial charge is 0.163 e. The quantitative estimate of drug-likeness (QED) is 0.671. The molecule has 0 spiro atoms. The summed E-state index contributed by atoms with van der Waals surface area (Å²) in [7, 11) is 0. The van der Waals surface area contributed by atoms with Gasteiger partial charge in [-0.15, -0.1) is 0 Å². The van der Waals surface area contributed by atoms with Crippen molar-refractivity contribution in [2.45, 2.75) is 6.92 Å². The van der Waals surface area contributed by atoms with Crippen molar-refractivity contribution in [3.63, 3.8) is 0 Å². The Hall–Kier alpha value is -1.87. The minimum absolute atomic E-state index is 0.424. The summed E-state index contributed by atoms with van der Waals surface area (Å²) in [4.78, 5) is 8.65. The van der Waals surface area contributed by atoms with E-state index in [1.54, 1.807) is 6.07 Å². The second kappa shape index (κ2) is 5.65. The van der Waals surface area contributed by atoms with Crippen molar-refractivity contribution < 1.29 is 0 Å². The summed E-state index contributed by atoms with van der Waals surface area (Å²) < 4.78 is 0. The van der Waals surface area contributed by atoms with Crippen LogP contribution in [0.5, 0.6) is 0 Å². The predicted octanol–water partition coefficient (Wildman–Crippen LogP) is 3.79. The molecule has 1 heterocycles. The Balaban J connectivity index is 2.29. The fourth-order valence-electron chi connectivity index (χ4n) is 1.47. The highest BCUT2D eigenvalue weighted by atomic mass is 35.5. The van der Waals surface area contributed by atoms with Crippen LogP contribution in [0.3, 0.4) is 0 Å². The number of nitrogens with zero attached hydrogens (tertiary/aromatic N) is 2. The molecule has 0 radical (unpaired) electrons. The van der Waals surface area contributed by atoms with Crippen molar-refractivity contribution in [3.05, 3.63) is 53.7 Å². The topological polar surface area (TPSA) is 37.8 Å². The molecule has 0 aliphatic carbocycles. The Morgan fingerprint density at radius 3 is 2.67 bits per heavy atom. The van der Waals surface area contributed by atoms with Crippen LogP contribution in [-0.4, -0.2) is 16.5 Å². The van der Waals surface area contributed by atoms with E-state index in [0.29, 0.717) is 23.3 Å². The van der Waals surface area contributed by atoms with Gasteiger partial charge < -0.3 is 5.32 Å². The van der Waals surface area contributed by atoms with Crippen LogP contribution >= 0.6 is 11.6 Å². The minimum atomic E-state index is 0.424. The number of rotatable bonds is 4. The van der Waals surface area contributed by atoms with E-state index in [4.69, 9.17) is 11.6 Å². The van der Waals surface area contributed by atoms with Crippen molar-refractivity contribution in [1.29, 1.82) is 0 Å². The first-order chi connectivity index (χ1) is 8.65. The zero-order valence-electron chi connectivity index (χ0n) is 10.2. The molecule has 0 atom stereocenters. The van der Waals surface area contributed by atoms with Gasteiger partial charge in [-0.2, -0.15) is 0 Å². The van der Waals surface area contributed by atoms with Crippen LogP contribution in [0, 0.1) is 0 Å². The number of nitrogens with one attached hydrogen (secondary N) is 1. The van der Waals surface area contributed by atoms with Gasteiger partial charge in [-0.3, -0.25) is 0 Å². The van der Waals surface area contributed by atoms with Gasteiger partial charge in [-0.1, -0.05) is 54.1 Å². The molecule has 2 aromatic rings. The first-order valence-electron chi connectivity index (χ1n) is 5.63. The molecule has 1 N–H and O–H groups in total. The van der Waals surface area contributed by atoms with Crippen LogP contribution < -0.4 is 5.32 Å². The highest BCUT2D eigenvalue weighted by molar-refractivity contribution is 6.29. The molecule has 3 nitrogen and oxygen atoms in total. The van der Waals surface area contributed by atoms with Gasteiger partial charge in [0.25, 0.3) is 0 Å². The highest BCUT2D eigenvalue weighted by Crippen LogP contribution is 2.19. The SMILES string of the molecule is C=C(C)CNc1cc(Cl)nc(-c2ccccc2)n1. The van der Waals surface area contributed by atoms with Gasteiger partial charge in [0.05, 0.1) is 0 Å². The summed E-state index contributed by atoms with van der Waals surface area (Å²) in [5.41, 5.74) is 1.98. The lowest BCUT2D eigenvalue weighted by Gasteiger charge is -2.07. The second-order valence-corrected chi connectivity index (χ2v) is 4.46. The largest absolute Gasteiger partial charge is 0.366 e. The maximum atomic E-state index is 6.00. The molecule has 0 amide bonds. The van der Waals surface area contributed by atoms with E-state index in [1.807, 2.05) is 37.3 Å². The van der Waals surface area contributed by atoms with Crippen LogP contribution in [0.2, 0.25) is 5.15 Å². The van der Waals surface area contributed by atoms with Gasteiger partial charge in [0.1, 0.15) is 11.0 Å². The van der Waals surface area contributed by atoms with Gasteiger partial charge in [0.2, 0.25) is 0 Å². The lowest BCUT2D eigenvalue weighted by Crippen LogP contribution is -2.05. The van der Waals surface area contributed by atoms with Gasteiger partial charge in [-0.05, 0) is 6.92 Å². The van der Waals surface area contributed by atoms with E-state index < -0.39 is 0 Å². The number of benzene rings is 1. The molecular weight excluding hydrogens is 246 g/mol. The summed E-state index contributed by atoms with van der Waals surface area (Å²) >= 11 is 6.00. The van der Waals surface area contributed by atoms with Crippen molar-refractivity contribution in [2.75, 3.05) is 11.9 Å². The van der Waals surface area contributed by atoms with E-state index in [-0.39, 0.29) is 0 Å². The molecule has 18 heavy (non-hydrogen) atoms. The fraction of sp³-hybridized carbons (Fsp3) is 0.143. The van der Waals surface area contributed by atoms with E-state index in [0.717, 1.165) is 11.1 Å². The summed E-state index contributed by atoms with van der Waals surface area (Å²) in [5.74, 6) is 1.32. The summed E-state index contributed by atoms with van der Waals surface area (Å²) in [5, 5.41) is 3.58. The molecule has 0 aliphatic rings. The highest BCUT2D eigenvalue weighted by Gasteiger charge is 2.05. The Bertz CT molecular complexity index is 552. The average molecular weight is 260 g/mol. The maximum Gasteiger partial charge on any atom is 0.163 e. The van der Waals surface area contributed by atoms with Crippen LogP contribution in [0.15, 0.2) is 48.6 Å². The third-order valence-electron chi connectivity index (χ3n) is 2.30.